The van der Waals surface area contributed by atoms with E-state index in [0.29, 0.717) is 36.2 Å². The fourth-order valence-corrected chi connectivity index (χ4v) is 12.3. The van der Waals surface area contributed by atoms with Gasteiger partial charge >= 0.3 is 12.2 Å². The fourth-order valence-electron chi connectivity index (χ4n) is 10.9. The smallest absolute Gasteiger partial charge is 0.407 e. The van der Waals surface area contributed by atoms with Gasteiger partial charge in [-0.25, -0.2) is 19.6 Å². The summed E-state index contributed by atoms with van der Waals surface area (Å²) < 4.78 is 9.59. The van der Waals surface area contributed by atoms with E-state index in [0.717, 1.165) is 60.3 Å². The van der Waals surface area contributed by atoms with Crippen LogP contribution in [0.3, 0.4) is 0 Å². The van der Waals surface area contributed by atoms with Gasteiger partial charge in [0.1, 0.15) is 23.7 Å². The Labute approximate surface area is 388 Å². The highest BCUT2D eigenvalue weighted by molar-refractivity contribution is 7.19. The maximum absolute atomic E-state index is 14.0. The van der Waals surface area contributed by atoms with Crippen molar-refractivity contribution in [3.05, 3.63) is 81.8 Å². The molecule has 66 heavy (non-hydrogen) atoms. The molecule has 2 aromatic carbocycles. The number of hydrogen-bond acceptors (Lipinski definition) is 10. The second-order valence-electron chi connectivity index (χ2n) is 19.3. The van der Waals surface area contributed by atoms with Gasteiger partial charge in [-0.2, -0.15) is 0 Å². The first-order valence-electron chi connectivity index (χ1n) is 23.4. The van der Waals surface area contributed by atoms with Gasteiger partial charge in [0, 0.05) is 22.8 Å². The van der Waals surface area contributed by atoms with E-state index < -0.39 is 30.3 Å². The highest BCUT2D eigenvalue weighted by Gasteiger charge is 2.44. The third-order valence-electron chi connectivity index (χ3n) is 14.4. The number of rotatable bonds is 11. The van der Waals surface area contributed by atoms with Crippen LogP contribution in [0.15, 0.2) is 53.5 Å². The number of nitrogens with zero attached hydrogens (tertiary/aromatic N) is 4. The van der Waals surface area contributed by atoms with Crippen LogP contribution in [0.1, 0.15) is 114 Å². The number of benzene rings is 2. The molecular formula is C50H60N8O7S. The van der Waals surface area contributed by atoms with E-state index >= 15 is 0 Å². The number of alkyl carbamates (subject to hydrolysis) is 2. The maximum atomic E-state index is 14.0. The molecule has 16 heteroatoms. The number of nitrogens with one attached hydrogen (secondary N) is 4. The predicted molar refractivity (Wildman–Crippen MR) is 253 cm³/mol. The number of aromatic nitrogens is 4. The van der Waals surface area contributed by atoms with Gasteiger partial charge in [-0.3, -0.25) is 14.4 Å². The summed E-state index contributed by atoms with van der Waals surface area (Å²) in [6.45, 7) is 8.65. The predicted octanol–water partition coefficient (Wildman–Crippen LogP) is 8.46. The second-order valence-corrected chi connectivity index (χ2v) is 20.3. The topological polar surface area (TPSA) is 192 Å². The molecule has 3 fully saturated rings. The van der Waals surface area contributed by atoms with Crippen LogP contribution in [0.2, 0.25) is 0 Å². The van der Waals surface area contributed by atoms with E-state index in [2.05, 4.69) is 50.9 Å². The van der Waals surface area contributed by atoms with Gasteiger partial charge in [0.25, 0.3) is 5.56 Å². The molecule has 9 rings (SSSR count). The van der Waals surface area contributed by atoms with Crippen molar-refractivity contribution in [3.8, 4) is 32.1 Å². The first kappa shape index (κ1) is 45.1. The Hall–Kier alpha value is -6.03. The van der Waals surface area contributed by atoms with E-state index in [1.165, 1.54) is 60.8 Å². The number of fused-ring (bicyclic) bond motifs is 2. The minimum Gasteiger partial charge on any atom is -0.453 e. The molecule has 4 aliphatic rings. The van der Waals surface area contributed by atoms with Crippen molar-refractivity contribution in [2.24, 2.45) is 17.3 Å². The Morgan fingerprint density at radius 2 is 1.26 bits per heavy atom. The minimum atomic E-state index is -0.771. The molecule has 2 saturated heterocycles. The normalized spacial score (nSPS) is 19.8. The van der Waals surface area contributed by atoms with E-state index in [1.54, 1.807) is 16.2 Å². The van der Waals surface area contributed by atoms with Crippen molar-refractivity contribution in [2.75, 3.05) is 27.3 Å². The lowest BCUT2D eigenvalue weighted by Gasteiger charge is -2.30. The summed E-state index contributed by atoms with van der Waals surface area (Å²) >= 11 is 1.79. The van der Waals surface area contributed by atoms with Crippen molar-refractivity contribution < 1.29 is 28.7 Å². The van der Waals surface area contributed by atoms with Gasteiger partial charge < -0.3 is 39.9 Å². The number of ether oxygens (including phenoxy) is 2. The van der Waals surface area contributed by atoms with E-state index in [-0.39, 0.29) is 40.7 Å². The highest BCUT2D eigenvalue weighted by atomic mass is 32.1. The number of H-pyrrole nitrogens is 2. The Bertz CT molecular complexity index is 2720. The molecular weight excluding hydrogens is 857 g/mol. The first-order valence-corrected chi connectivity index (χ1v) is 24.2. The van der Waals surface area contributed by atoms with Crippen LogP contribution in [0.5, 0.6) is 0 Å². The zero-order valence-corrected chi connectivity index (χ0v) is 39.4. The lowest BCUT2D eigenvalue weighted by atomic mass is 9.83. The van der Waals surface area contributed by atoms with Gasteiger partial charge in [0.05, 0.1) is 49.1 Å². The van der Waals surface area contributed by atoms with E-state index in [1.807, 2.05) is 50.9 Å². The van der Waals surface area contributed by atoms with Crippen LogP contribution in [0.25, 0.3) is 43.0 Å². The van der Waals surface area contributed by atoms with Gasteiger partial charge in [0.15, 0.2) is 0 Å². The number of carbonyl (C=O) groups excluding carboxylic acids is 4. The number of hydrogen-bond donors (Lipinski definition) is 4. The number of amides is 4. The molecule has 5 aromatic rings. The van der Waals surface area contributed by atoms with Gasteiger partial charge in [-0.05, 0) is 109 Å². The van der Waals surface area contributed by atoms with E-state index in [4.69, 9.17) is 19.4 Å². The van der Waals surface area contributed by atoms with Crippen molar-refractivity contribution >= 4 is 46.2 Å². The Morgan fingerprint density at radius 1 is 0.727 bits per heavy atom. The quantitative estimate of drug-likeness (QED) is 0.101. The summed E-state index contributed by atoms with van der Waals surface area (Å²) in [5, 5.41) is 5.91. The third kappa shape index (κ3) is 8.48. The Balaban J connectivity index is 0.979. The standard InChI is InChI=1S/C50H60N8O7S/c1-27(2)39(54-48(62)64-5)46(60)57-21-9-11-37(57)43-51-26-36(53-43)29-13-15-30(16-14-29)41-33-24-50(19-7-8-20-50)25-34(33)42(66-41)31-17-18-35-32(23-31)45(59)56-44(52-35)38-12-10-22-58(38)47(61)40(28(3)4)55-49(63)65-6/h13-18,23,26-28,37-40H,7-12,19-22,24-25H2,1-6H3,(H,51,53)(H,54,62)(H,55,63)(H,52,56,59)/t37?,38-,39-,40-/m0/s1. The number of thiophene rings is 1. The van der Waals surface area contributed by atoms with Gasteiger partial charge in [0.2, 0.25) is 11.8 Å². The Morgan fingerprint density at radius 3 is 1.82 bits per heavy atom. The summed E-state index contributed by atoms with van der Waals surface area (Å²) in [5.41, 5.74) is 7.40. The molecule has 15 nitrogen and oxygen atoms in total. The monoisotopic (exact) mass is 916 g/mol. The van der Waals surface area contributed by atoms with Crippen LogP contribution in [0.4, 0.5) is 9.59 Å². The zero-order chi connectivity index (χ0) is 46.4. The molecule has 2 aliphatic heterocycles. The fraction of sp³-hybridized carbons (Fsp3) is 0.500. The molecule has 5 heterocycles. The molecule has 0 radical (unpaired) electrons. The molecule has 2 aliphatic carbocycles. The average molecular weight is 917 g/mol. The summed E-state index contributed by atoms with van der Waals surface area (Å²) in [6, 6.07) is 12.5. The average Bonchev–Trinajstić information content (AvgIpc) is 4.19. The van der Waals surface area contributed by atoms with Crippen molar-refractivity contribution in [1.29, 1.82) is 0 Å². The van der Waals surface area contributed by atoms with E-state index in [9.17, 15) is 24.0 Å². The Kier molecular flexibility index (Phi) is 12.5. The minimum absolute atomic E-state index is 0.116. The molecule has 348 valence electrons. The number of methoxy groups -OCH3 is 2. The van der Waals surface area contributed by atoms with Crippen LogP contribution in [0, 0.1) is 17.3 Å². The number of likely N-dealkylation sites (tertiary alicyclic amines) is 2. The number of imidazole rings is 1. The largest absolute Gasteiger partial charge is 0.453 e. The summed E-state index contributed by atoms with van der Waals surface area (Å²) in [7, 11) is 2.57. The van der Waals surface area contributed by atoms with Crippen LogP contribution in [-0.2, 0) is 31.9 Å². The number of carbonyl (C=O) groups is 4. The highest BCUT2D eigenvalue weighted by Crippen LogP contribution is 2.56. The summed E-state index contributed by atoms with van der Waals surface area (Å²) in [4.78, 5) is 87.9. The molecule has 1 spiro atoms. The second kappa shape index (κ2) is 18.3. The third-order valence-corrected chi connectivity index (χ3v) is 15.8. The number of aromatic amines is 2. The lowest BCUT2D eigenvalue weighted by Crippen LogP contribution is -2.51. The maximum Gasteiger partial charge on any atom is 0.407 e. The first-order chi connectivity index (χ1) is 31.8. The zero-order valence-electron chi connectivity index (χ0n) is 38.6. The molecule has 1 unspecified atom stereocenters. The molecule has 4 amide bonds. The summed E-state index contributed by atoms with van der Waals surface area (Å²) in [6.07, 6.45) is 10.6. The molecule has 3 aromatic heterocycles. The van der Waals surface area contributed by atoms with Crippen molar-refractivity contribution in [1.82, 2.24) is 40.4 Å². The van der Waals surface area contributed by atoms with Gasteiger partial charge in [-0.15, -0.1) is 11.3 Å². The summed E-state index contributed by atoms with van der Waals surface area (Å²) in [5.74, 6) is 0.522. The lowest BCUT2D eigenvalue weighted by molar-refractivity contribution is -0.136. The molecule has 4 atom stereocenters. The van der Waals surface area contributed by atoms with Gasteiger partial charge in [-0.1, -0.05) is 70.9 Å². The van der Waals surface area contributed by atoms with Crippen molar-refractivity contribution in [2.45, 2.75) is 116 Å². The van der Waals surface area contributed by atoms with Crippen molar-refractivity contribution in [3.63, 3.8) is 0 Å². The van der Waals surface area contributed by atoms with Crippen LogP contribution >= 0.6 is 11.3 Å². The molecule has 0 bridgehead atoms. The van der Waals surface area contributed by atoms with Crippen LogP contribution < -0.4 is 16.2 Å². The molecule has 4 N–H and O–H groups in total. The SMILES string of the molecule is COC(=O)N[C@H](C(=O)N1CCCC1c1ncc(-c2ccc(-c3sc(-c4ccc5nc([C@@H]6CCCN6C(=O)[C@@H](NC(=O)OC)C(C)C)[nH]c(=O)c5c4)c4c3CC3(CCCC3)C4)cc2)[nH]1)C(C)C. The molecule has 1 saturated carbocycles. The van der Waals surface area contributed by atoms with Crippen LogP contribution in [-0.4, -0.2) is 93.1 Å².